The number of alkyl carbamates (subject to hydrolysis) is 1. The molecule has 1 heterocycles. The molecule has 0 unspecified atom stereocenters. The lowest BCUT2D eigenvalue weighted by Crippen LogP contribution is -2.47. The Morgan fingerprint density at radius 2 is 1.89 bits per heavy atom. The van der Waals surface area contributed by atoms with Gasteiger partial charge in [-0.25, -0.2) is 4.79 Å². The van der Waals surface area contributed by atoms with E-state index in [-0.39, 0.29) is 6.54 Å². The smallest absolute Gasteiger partial charge is 0.407 e. The molecule has 1 aliphatic heterocycles. The number of aliphatic carboxylic acids is 1. The van der Waals surface area contributed by atoms with Crippen LogP contribution in [0.5, 0.6) is 0 Å². The maximum atomic E-state index is 11.5. The molecule has 2 N–H and O–H groups in total. The van der Waals surface area contributed by atoms with Gasteiger partial charge in [0.05, 0.1) is 5.41 Å². The Kier molecular flexibility index (Phi) is 4.56. The van der Waals surface area contributed by atoms with Gasteiger partial charge >= 0.3 is 12.1 Å². The summed E-state index contributed by atoms with van der Waals surface area (Å²) in [5.41, 5.74) is -1.52. The van der Waals surface area contributed by atoms with E-state index in [1.807, 2.05) is 0 Å². The predicted molar refractivity (Wildman–Crippen MR) is 64.4 cm³/mol. The lowest BCUT2D eigenvalue weighted by molar-refractivity contribution is -0.154. The third-order valence-corrected chi connectivity index (χ3v) is 2.87. The highest BCUT2D eigenvalue weighted by Gasteiger charge is 2.40. The first-order valence-electron chi connectivity index (χ1n) is 6.03. The minimum absolute atomic E-state index is 0.0700. The highest BCUT2D eigenvalue weighted by Crippen LogP contribution is 2.30. The predicted octanol–water partition coefficient (Wildman–Crippen LogP) is 1.39. The summed E-state index contributed by atoms with van der Waals surface area (Å²) in [5.74, 6) is -0.901. The number of rotatable bonds is 3. The Balaban J connectivity index is 2.53. The second kappa shape index (κ2) is 5.56. The number of carboxylic acid groups (broad SMARTS) is 1. The lowest BCUT2D eigenvalue weighted by Gasteiger charge is -2.33. The van der Waals surface area contributed by atoms with Gasteiger partial charge in [-0.15, -0.1) is 0 Å². The van der Waals surface area contributed by atoms with Gasteiger partial charge in [-0.2, -0.15) is 0 Å². The second-order valence-corrected chi connectivity index (χ2v) is 5.55. The van der Waals surface area contributed by atoms with Gasteiger partial charge in [-0.1, -0.05) is 0 Å². The van der Waals surface area contributed by atoms with Gasteiger partial charge in [-0.05, 0) is 33.6 Å². The molecule has 0 aliphatic carbocycles. The molecular weight excluding hydrogens is 238 g/mol. The zero-order valence-electron chi connectivity index (χ0n) is 11.1. The van der Waals surface area contributed by atoms with Gasteiger partial charge < -0.3 is 19.9 Å². The van der Waals surface area contributed by atoms with Gasteiger partial charge in [0.25, 0.3) is 0 Å². The van der Waals surface area contributed by atoms with Crippen LogP contribution in [0.2, 0.25) is 0 Å². The Morgan fingerprint density at radius 3 is 2.33 bits per heavy atom. The fourth-order valence-corrected chi connectivity index (χ4v) is 1.78. The molecule has 6 nitrogen and oxygen atoms in total. The van der Waals surface area contributed by atoms with Crippen LogP contribution in [-0.4, -0.2) is 42.5 Å². The van der Waals surface area contributed by atoms with Crippen molar-refractivity contribution in [1.82, 2.24) is 5.32 Å². The van der Waals surface area contributed by atoms with Crippen molar-refractivity contribution < 1.29 is 24.2 Å². The number of ether oxygens (including phenoxy) is 2. The summed E-state index contributed by atoms with van der Waals surface area (Å²) in [6.07, 6.45) is 0.214. The number of hydrogen-bond donors (Lipinski definition) is 2. The molecule has 1 saturated heterocycles. The topological polar surface area (TPSA) is 84.9 Å². The van der Waals surface area contributed by atoms with Crippen molar-refractivity contribution in [1.29, 1.82) is 0 Å². The van der Waals surface area contributed by atoms with Crippen LogP contribution >= 0.6 is 0 Å². The molecule has 18 heavy (non-hydrogen) atoms. The Bertz CT molecular complexity index is 315. The monoisotopic (exact) mass is 259 g/mol. The van der Waals surface area contributed by atoms with E-state index >= 15 is 0 Å². The fourth-order valence-electron chi connectivity index (χ4n) is 1.78. The summed E-state index contributed by atoms with van der Waals surface area (Å²) in [4.78, 5) is 22.8. The number of carbonyl (C=O) groups excluding carboxylic acids is 1. The summed E-state index contributed by atoms with van der Waals surface area (Å²) in [7, 11) is 0. The standard InChI is InChI=1S/C12H21NO5/c1-11(2,3)18-10(16)13-8-12(9(14)15)4-6-17-7-5-12/h4-8H2,1-3H3,(H,13,16)(H,14,15). The number of nitrogens with one attached hydrogen (secondary N) is 1. The SMILES string of the molecule is CC(C)(C)OC(=O)NCC1(C(=O)O)CCOCC1. The summed E-state index contributed by atoms with van der Waals surface area (Å²) in [5, 5.41) is 11.8. The van der Waals surface area contributed by atoms with Crippen molar-refractivity contribution in [2.75, 3.05) is 19.8 Å². The van der Waals surface area contributed by atoms with E-state index in [9.17, 15) is 14.7 Å². The molecule has 0 radical (unpaired) electrons. The van der Waals surface area contributed by atoms with E-state index in [0.717, 1.165) is 0 Å². The Morgan fingerprint density at radius 1 is 1.33 bits per heavy atom. The molecule has 0 aromatic heterocycles. The Labute approximate surface area is 107 Å². The number of hydrogen-bond acceptors (Lipinski definition) is 4. The van der Waals surface area contributed by atoms with Gasteiger partial charge in [0, 0.05) is 19.8 Å². The summed E-state index contributed by atoms with van der Waals surface area (Å²) in [6, 6.07) is 0. The maximum absolute atomic E-state index is 11.5. The molecule has 1 fully saturated rings. The highest BCUT2D eigenvalue weighted by atomic mass is 16.6. The minimum Gasteiger partial charge on any atom is -0.481 e. The first-order valence-corrected chi connectivity index (χ1v) is 6.03. The van der Waals surface area contributed by atoms with Gasteiger partial charge in [-0.3, -0.25) is 4.79 Å². The lowest BCUT2D eigenvalue weighted by atomic mass is 9.80. The third-order valence-electron chi connectivity index (χ3n) is 2.87. The van der Waals surface area contributed by atoms with Crippen LogP contribution in [0.4, 0.5) is 4.79 Å². The number of carbonyl (C=O) groups is 2. The van der Waals surface area contributed by atoms with E-state index in [1.54, 1.807) is 20.8 Å². The van der Waals surface area contributed by atoms with Crippen LogP contribution in [0.25, 0.3) is 0 Å². The number of amides is 1. The molecule has 1 aliphatic rings. The van der Waals surface area contributed by atoms with Crippen LogP contribution < -0.4 is 5.32 Å². The largest absolute Gasteiger partial charge is 0.481 e. The van der Waals surface area contributed by atoms with Gasteiger partial charge in [0.2, 0.25) is 0 Å². The first kappa shape index (κ1) is 14.8. The fraction of sp³-hybridized carbons (Fsp3) is 0.833. The molecule has 0 aromatic carbocycles. The average Bonchev–Trinajstić information content (AvgIpc) is 2.25. The van der Waals surface area contributed by atoms with Crippen molar-refractivity contribution in [2.24, 2.45) is 5.41 Å². The third kappa shape index (κ3) is 4.18. The number of carboxylic acids is 1. The maximum Gasteiger partial charge on any atom is 0.407 e. The first-order chi connectivity index (χ1) is 8.25. The molecular formula is C12H21NO5. The Hall–Kier alpha value is -1.30. The van der Waals surface area contributed by atoms with Crippen LogP contribution in [0.3, 0.4) is 0 Å². The summed E-state index contributed by atoms with van der Waals surface area (Å²) < 4.78 is 10.2. The van der Waals surface area contributed by atoms with Crippen LogP contribution in [0, 0.1) is 5.41 Å². The van der Waals surface area contributed by atoms with E-state index < -0.39 is 23.1 Å². The van der Waals surface area contributed by atoms with Crippen molar-refractivity contribution >= 4 is 12.1 Å². The van der Waals surface area contributed by atoms with Crippen molar-refractivity contribution in [3.63, 3.8) is 0 Å². The molecule has 0 atom stereocenters. The van der Waals surface area contributed by atoms with E-state index in [4.69, 9.17) is 9.47 Å². The van der Waals surface area contributed by atoms with Crippen molar-refractivity contribution in [3.05, 3.63) is 0 Å². The molecule has 0 spiro atoms. The van der Waals surface area contributed by atoms with Crippen LogP contribution in [0.1, 0.15) is 33.6 Å². The van der Waals surface area contributed by atoms with E-state index in [0.29, 0.717) is 26.1 Å². The zero-order valence-corrected chi connectivity index (χ0v) is 11.1. The molecule has 0 saturated carbocycles. The molecule has 104 valence electrons. The minimum atomic E-state index is -0.935. The van der Waals surface area contributed by atoms with E-state index in [2.05, 4.69) is 5.32 Å². The highest BCUT2D eigenvalue weighted by molar-refractivity contribution is 5.76. The van der Waals surface area contributed by atoms with E-state index in [1.165, 1.54) is 0 Å². The molecule has 0 aromatic rings. The van der Waals surface area contributed by atoms with Crippen molar-refractivity contribution in [2.45, 2.75) is 39.2 Å². The van der Waals surface area contributed by atoms with Gasteiger partial charge in [0.15, 0.2) is 0 Å². The molecule has 1 rings (SSSR count). The average molecular weight is 259 g/mol. The van der Waals surface area contributed by atoms with Crippen molar-refractivity contribution in [3.8, 4) is 0 Å². The molecule has 6 heteroatoms. The quantitative estimate of drug-likeness (QED) is 0.800. The van der Waals surface area contributed by atoms with Crippen LogP contribution in [0.15, 0.2) is 0 Å². The second-order valence-electron chi connectivity index (χ2n) is 5.55. The zero-order chi connectivity index (χ0) is 13.8. The summed E-state index contributed by atoms with van der Waals surface area (Å²) in [6.45, 7) is 6.15. The van der Waals surface area contributed by atoms with Crippen LogP contribution in [-0.2, 0) is 14.3 Å². The summed E-state index contributed by atoms with van der Waals surface area (Å²) >= 11 is 0. The van der Waals surface area contributed by atoms with Gasteiger partial charge in [0.1, 0.15) is 5.60 Å². The molecule has 0 bridgehead atoms. The molecule has 1 amide bonds. The normalized spacial score (nSPS) is 19.1.